The molecule has 1 aliphatic heterocycles. The van der Waals surface area contributed by atoms with Crippen molar-refractivity contribution in [3.05, 3.63) is 12.1 Å². The van der Waals surface area contributed by atoms with Crippen LogP contribution in [0.4, 0.5) is 16.0 Å². The molecule has 1 saturated heterocycles. The molecule has 1 atom stereocenters. The minimum atomic E-state index is -0.531. The van der Waals surface area contributed by atoms with Crippen molar-refractivity contribution in [1.82, 2.24) is 14.9 Å². The number of carbonyl (C=O) groups excluding carboxylic acids is 1. The van der Waals surface area contributed by atoms with Crippen LogP contribution in [0, 0.1) is 5.82 Å². The topological polar surface area (TPSA) is 75.4 Å². The third-order valence-electron chi connectivity index (χ3n) is 4.20. The molecule has 0 saturated carbocycles. The van der Waals surface area contributed by atoms with Gasteiger partial charge in [-0.15, -0.1) is 0 Å². The highest BCUT2D eigenvalue weighted by molar-refractivity contribution is 5.49. The summed E-state index contributed by atoms with van der Waals surface area (Å²) in [6.07, 6.45) is 6.89. The number of nitrogens with two attached hydrogens (primary N) is 1. The molecular weight excluding hydrogens is 285 g/mol. The van der Waals surface area contributed by atoms with Crippen LogP contribution >= 0.6 is 0 Å². The second-order valence-electron chi connectivity index (χ2n) is 5.78. The number of halogens is 1. The molecule has 1 fully saturated rings. The quantitative estimate of drug-likeness (QED) is 0.607. The number of nitrogens with zero attached hydrogens (tertiary/aromatic N) is 4. The predicted molar refractivity (Wildman–Crippen MR) is 84.2 cm³/mol. The van der Waals surface area contributed by atoms with E-state index in [-0.39, 0.29) is 5.82 Å². The molecule has 0 aliphatic carbocycles. The van der Waals surface area contributed by atoms with Crippen molar-refractivity contribution in [2.75, 3.05) is 37.3 Å². The first-order valence-electron chi connectivity index (χ1n) is 7.78. The fraction of sp³-hybridized carbons (Fsp3) is 0.667. The molecule has 0 radical (unpaired) electrons. The first-order valence-corrected chi connectivity index (χ1v) is 7.78. The molecule has 0 bridgehead atoms. The van der Waals surface area contributed by atoms with Gasteiger partial charge in [-0.2, -0.15) is 4.39 Å². The Bertz CT molecular complexity index is 499. The number of likely N-dealkylation sites (N-methyl/N-ethyl adjacent to an activating group) is 1. The summed E-state index contributed by atoms with van der Waals surface area (Å²) in [5.41, 5.74) is 5.52. The summed E-state index contributed by atoms with van der Waals surface area (Å²) in [4.78, 5) is 22.3. The number of unbranched alkanes of at least 4 members (excludes halogenated alkanes) is 2. The van der Waals surface area contributed by atoms with Gasteiger partial charge in [0.25, 0.3) is 0 Å². The van der Waals surface area contributed by atoms with E-state index in [9.17, 15) is 9.18 Å². The summed E-state index contributed by atoms with van der Waals surface area (Å²) in [5.74, 6) is -0.335. The Morgan fingerprint density at radius 2 is 2.32 bits per heavy atom. The Hall–Kier alpha value is -1.76. The van der Waals surface area contributed by atoms with E-state index in [1.165, 1.54) is 6.33 Å². The van der Waals surface area contributed by atoms with E-state index in [0.29, 0.717) is 18.3 Å². The maximum atomic E-state index is 14.1. The Morgan fingerprint density at radius 1 is 1.50 bits per heavy atom. The third-order valence-corrected chi connectivity index (χ3v) is 4.20. The second kappa shape index (κ2) is 8.03. The average molecular weight is 309 g/mol. The van der Waals surface area contributed by atoms with Crippen molar-refractivity contribution >= 4 is 17.9 Å². The molecule has 0 spiro atoms. The van der Waals surface area contributed by atoms with Crippen molar-refractivity contribution in [3.8, 4) is 0 Å². The van der Waals surface area contributed by atoms with Gasteiger partial charge < -0.3 is 20.3 Å². The van der Waals surface area contributed by atoms with Gasteiger partial charge in [-0.3, -0.25) is 0 Å². The number of aromatic nitrogens is 2. The molecule has 6 nitrogen and oxygen atoms in total. The van der Waals surface area contributed by atoms with Crippen LogP contribution < -0.4 is 10.6 Å². The van der Waals surface area contributed by atoms with E-state index in [1.807, 2.05) is 4.90 Å². The van der Waals surface area contributed by atoms with E-state index in [2.05, 4.69) is 21.9 Å². The molecule has 122 valence electrons. The molecule has 2 rings (SSSR count). The molecule has 2 N–H and O–H groups in total. The number of anilines is 2. The summed E-state index contributed by atoms with van der Waals surface area (Å²) >= 11 is 0. The maximum absolute atomic E-state index is 14.1. The van der Waals surface area contributed by atoms with Crippen molar-refractivity contribution in [2.45, 2.75) is 38.1 Å². The Balaban J connectivity index is 1.93. The van der Waals surface area contributed by atoms with Crippen LogP contribution in [0.5, 0.6) is 0 Å². The number of piperidine rings is 1. The highest BCUT2D eigenvalue weighted by Crippen LogP contribution is 2.24. The summed E-state index contributed by atoms with van der Waals surface area (Å²) < 4.78 is 14.1. The number of hydrogen-bond acceptors (Lipinski definition) is 6. The smallest absolute Gasteiger partial charge is 0.207 e. The van der Waals surface area contributed by atoms with E-state index in [4.69, 9.17) is 5.73 Å². The summed E-state index contributed by atoms with van der Waals surface area (Å²) in [6, 6.07) is 0.362. The van der Waals surface area contributed by atoms with Gasteiger partial charge in [-0.1, -0.05) is 0 Å². The van der Waals surface area contributed by atoms with Crippen LogP contribution in [0.25, 0.3) is 0 Å². The van der Waals surface area contributed by atoms with Gasteiger partial charge in [-0.05, 0) is 39.3 Å². The lowest BCUT2D eigenvalue weighted by Crippen LogP contribution is -2.47. The van der Waals surface area contributed by atoms with Gasteiger partial charge in [0.15, 0.2) is 11.6 Å². The fourth-order valence-electron chi connectivity index (χ4n) is 2.87. The summed E-state index contributed by atoms with van der Waals surface area (Å²) in [5, 5.41) is 0. The normalized spacial score (nSPS) is 18.7. The van der Waals surface area contributed by atoms with Gasteiger partial charge >= 0.3 is 0 Å². The Labute approximate surface area is 130 Å². The van der Waals surface area contributed by atoms with Crippen LogP contribution in [0.1, 0.15) is 32.1 Å². The van der Waals surface area contributed by atoms with Crippen LogP contribution in [0.15, 0.2) is 6.33 Å². The number of rotatable bonds is 7. The molecule has 0 aromatic carbocycles. The van der Waals surface area contributed by atoms with E-state index < -0.39 is 5.82 Å². The third kappa shape index (κ3) is 4.13. The SMILES string of the molecule is CN(CCCCC=O)C1CCCN(c2ncnc(N)c2F)C1. The van der Waals surface area contributed by atoms with Crippen LogP contribution in [0.3, 0.4) is 0 Å². The van der Waals surface area contributed by atoms with Crippen LogP contribution in [-0.4, -0.2) is 53.9 Å². The van der Waals surface area contributed by atoms with Crippen LogP contribution in [-0.2, 0) is 4.79 Å². The van der Waals surface area contributed by atoms with Crippen molar-refractivity contribution in [3.63, 3.8) is 0 Å². The van der Waals surface area contributed by atoms with Crippen molar-refractivity contribution in [1.29, 1.82) is 0 Å². The maximum Gasteiger partial charge on any atom is 0.207 e. The molecule has 1 unspecified atom stereocenters. The van der Waals surface area contributed by atoms with E-state index in [0.717, 1.165) is 51.6 Å². The zero-order valence-electron chi connectivity index (χ0n) is 13.0. The Kier molecular flexibility index (Phi) is 6.06. The van der Waals surface area contributed by atoms with Crippen molar-refractivity contribution in [2.24, 2.45) is 0 Å². The Morgan fingerprint density at radius 3 is 3.09 bits per heavy atom. The van der Waals surface area contributed by atoms with Gasteiger partial charge in [0.2, 0.25) is 5.82 Å². The first kappa shape index (κ1) is 16.6. The number of nitrogen functional groups attached to an aromatic ring is 1. The zero-order chi connectivity index (χ0) is 15.9. The lowest BCUT2D eigenvalue weighted by atomic mass is 10.0. The molecule has 2 heterocycles. The molecule has 1 aromatic heterocycles. The van der Waals surface area contributed by atoms with E-state index >= 15 is 0 Å². The van der Waals surface area contributed by atoms with Gasteiger partial charge in [0.1, 0.15) is 12.6 Å². The van der Waals surface area contributed by atoms with Crippen LogP contribution in [0.2, 0.25) is 0 Å². The van der Waals surface area contributed by atoms with Gasteiger partial charge in [0.05, 0.1) is 0 Å². The predicted octanol–water partition coefficient (Wildman–Crippen LogP) is 1.47. The number of carbonyl (C=O) groups is 1. The van der Waals surface area contributed by atoms with Gasteiger partial charge in [-0.25, -0.2) is 9.97 Å². The molecular formula is C15H24FN5O. The highest BCUT2D eigenvalue weighted by atomic mass is 19.1. The number of hydrogen-bond donors (Lipinski definition) is 1. The minimum Gasteiger partial charge on any atom is -0.381 e. The molecule has 1 aliphatic rings. The fourth-order valence-corrected chi connectivity index (χ4v) is 2.87. The largest absolute Gasteiger partial charge is 0.381 e. The standard InChI is InChI=1S/C15H24FN5O/c1-20(7-3-2-4-9-22)12-6-5-8-21(10-12)15-13(16)14(17)18-11-19-15/h9,11-12H,2-8,10H2,1H3,(H2,17,18,19). The lowest BCUT2D eigenvalue weighted by Gasteiger charge is -2.38. The monoisotopic (exact) mass is 309 g/mol. The van der Waals surface area contributed by atoms with Crippen molar-refractivity contribution < 1.29 is 9.18 Å². The second-order valence-corrected chi connectivity index (χ2v) is 5.78. The number of aldehydes is 1. The highest BCUT2D eigenvalue weighted by Gasteiger charge is 2.26. The summed E-state index contributed by atoms with van der Waals surface area (Å²) in [6.45, 7) is 2.46. The summed E-state index contributed by atoms with van der Waals surface area (Å²) in [7, 11) is 2.08. The van der Waals surface area contributed by atoms with Gasteiger partial charge in [0, 0.05) is 25.6 Å². The van der Waals surface area contributed by atoms with E-state index in [1.54, 1.807) is 0 Å². The lowest BCUT2D eigenvalue weighted by molar-refractivity contribution is -0.107. The molecule has 1 aromatic rings. The molecule has 0 amide bonds. The molecule has 22 heavy (non-hydrogen) atoms. The molecule has 7 heteroatoms. The zero-order valence-corrected chi connectivity index (χ0v) is 13.0. The first-order chi connectivity index (χ1) is 10.6. The minimum absolute atomic E-state index is 0.102. The average Bonchev–Trinajstić information content (AvgIpc) is 2.54.